The Kier molecular flexibility index (Phi) is 3.18. The summed E-state index contributed by atoms with van der Waals surface area (Å²) in [5.41, 5.74) is 0. The van der Waals surface area contributed by atoms with Crippen LogP contribution in [-0.4, -0.2) is 28.5 Å². The summed E-state index contributed by atoms with van der Waals surface area (Å²) in [5.74, 6) is 1.58. The van der Waals surface area contributed by atoms with Crippen molar-refractivity contribution in [2.75, 3.05) is 11.9 Å². The summed E-state index contributed by atoms with van der Waals surface area (Å²) in [5, 5.41) is 6.25. The average molecular weight is 267 g/mol. The topological polar surface area (TPSA) is 66.9 Å². The predicted octanol–water partition coefficient (Wildman–Crippen LogP) is 1.46. The van der Waals surface area contributed by atoms with E-state index in [0.29, 0.717) is 17.7 Å². The van der Waals surface area contributed by atoms with Crippen LogP contribution in [0.4, 0.5) is 5.82 Å². The number of amides is 1. The van der Waals surface area contributed by atoms with E-state index < -0.39 is 0 Å². The van der Waals surface area contributed by atoms with E-state index >= 15 is 0 Å². The van der Waals surface area contributed by atoms with Crippen LogP contribution in [0.2, 0.25) is 5.28 Å². The molecule has 0 radical (unpaired) electrons. The molecule has 96 valence electrons. The van der Waals surface area contributed by atoms with Crippen LogP contribution in [0.3, 0.4) is 0 Å². The van der Waals surface area contributed by atoms with Gasteiger partial charge in [-0.2, -0.15) is 0 Å². The first-order valence-electron chi connectivity index (χ1n) is 6.27. The smallest absolute Gasteiger partial charge is 0.242 e. The molecule has 1 saturated heterocycles. The number of carbonyl (C=O) groups excluding carboxylic acids is 1. The van der Waals surface area contributed by atoms with E-state index in [1.807, 2.05) is 0 Å². The maximum absolute atomic E-state index is 12.2. The van der Waals surface area contributed by atoms with Crippen molar-refractivity contribution in [3.05, 3.63) is 17.5 Å². The van der Waals surface area contributed by atoms with Gasteiger partial charge in [-0.25, -0.2) is 9.97 Å². The van der Waals surface area contributed by atoms with Crippen LogP contribution in [-0.2, 0) is 4.79 Å². The van der Waals surface area contributed by atoms with Crippen LogP contribution in [0.5, 0.6) is 0 Å². The number of nitrogens with zero attached hydrogens (tertiary/aromatic N) is 2. The molecule has 0 bridgehead atoms. The maximum Gasteiger partial charge on any atom is 0.242 e. The largest absolute Gasteiger partial charge is 0.309 e. The van der Waals surface area contributed by atoms with Crippen molar-refractivity contribution in [2.24, 2.45) is 11.8 Å². The van der Waals surface area contributed by atoms with Crippen molar-refractivity contribution >= 4 is 23.3 Å². The van der Waals surface area contributed by atoms with E-state index in [0.717, 1.165) is 13.0 Å². The van der Waals surface area contributed by atoms with Crippen LogP contribution in [0.15, 0.2) is 12.3 Å². The summed E-state index contributed by atoms with van der Waals surface area (Å²) in [6, 6.07) is 1.55. The number of nitrogens with one attached hydrogen (secondary N) is 2. The molecule has 3 unspecified atom stereocenters. The molecule has 18 heavy (non-hydrogen) atoms. The highest BCUT2D eigenvalue weighted by atomic mass is 35.5. The molecule has 3 atom stereocenters. The number of anilines is 1. The van der Waals surface area contributed by atoms with E-state index in [1.54, 1.807) is 6.07 Å². The third-order valence-electron chi connectivity index (χ3n) is 3.91. The molecule has 0 spiro atoms. The predicted molar refractivity (Wildman–Crippen MR) is 68.3 cm³/mol. The lowest BCUT2D eigenvalue weighted by Gasteiger charge is -2.17. The molecule has 5 nitrogen and oxygen atoms in total. The highest BCUT2D eigenvalue weighted by Gasteiger charge is 2.42. The van der Waals surface area contributed by atoms with Gasteiger partial charge in [0.15, 0.2) is 0 Å². The monoisotopic (exact) mass is 266 g/mol. The second kappa shape index (κ2) is 4.82. The molecule has 1 aromatic heterocycles. The molecule has 3 rings (SSSR count). The first kappa shape index (κ1) is 11.9. The van der Waals surface area contributed by atoms with Gasteiger partial charge in [0.05, 0.1) is 6.04 Å². The lowest BCUT2D eigenvalue weighted by Crippen LogP contribution is -2.39. The van der Waals surface area contributed by atoms with Gasteiger partial charge in [-0.1, -0.05) is 6.42 Å². The Bertz CT molecular complexity index is 467. The van der Waals surface area contributed by atoms with E-state index in [2.05, 4.69) is 20.6 Å². The van der Waals surface area contributed by atoms with Crippen molar-refractivity contribution in [2.45, 2.75) is 25.3 Å². The van der Waals surface area contributed by atoms with Crippen molar-refractivity contribution in [3.8, 4) is 0 Å². The fourth-order valence-corrected chi connectivity index (χ4v) is 3.23. The van der Waals surface area contributed by atoms with E-state index in [9.17, 15) is 4.79 Å². The van der Waals surface area contributed by atoms with E-state index in [1.165, 1.54) is 19.0 Å². The first-order chi connectivity index (χ1) is 8.74. The zero-order valence-electron chi connectivity index (χ0n) is 9.90. The summed E-state index contributed by atoms with van der Waals surface area (Å²) in [7, 11) is 0. The fraction of sp³-hybridized carbons (Fsp3) is 0.583. The lowest BCUT2D eigenvalue weighted by molar-refractivity contribution is -0.118. The van der Waals surface area contributed by atoms with Crippen molar-refractivity contribution < 1.29 is 4.79 Å². The Morgan fingerprint density at radius 3 is 3.22 bits per heavy atom. The molecule has 1 saturated carbocycles. The summed E-state index contributed by atoms with van der Waals surface area (Å²) >= 11 is 5.69. The molecule has 1 aliphatic heterocycles. The van der Waals surface area contributed by atoms with Gasteiger partial charge in [-0.3, -0.25) is 4.79 Å². The van der Waals surface area contributed by atoms with Crippen LogP contribution < -0.4 is 10.6 Å². The van der Waals surface area contributed by atoms with Crippen LogP contribution in [0.25, 0.3) is 0 Å². The number of hydrogen-bond acceptors (Lipinski definition) is 4. The second-order valence-corrected chi connectivity index (χ2v) is 5.28. The molecule has 2 N–H and O–H groups in total. The summed E-state index contributed by atoms with van der Waals surface area (Å²) in [6.07, 6.45) is 5.15. The van der Waals surface area contributed by atoms with E-state index in [-0.39, 0.29) is 17.2 Å². The maximum atomic E-state index is 12.2. The van der Waals surface area contributed by atoms with Gasteiger partial charge in [-0.05, 0) is 48.9 Å². The molecule has 1 amide bonds. The Morgan fingerprint density at radius 2 is 2.39 bits per heavy atom. The Morgan fingerprint density at radius 1 is 1.50 bits per heavy atom. The fourth-order valence-electron chi connectivity index (χ4n) is 3.08. The molecule has 0 aromatic carbocycles. The number of aromatic nitrogens is 2. The zero-order valence-corrected chi connectivity index (χ0v) is 10.7. The number of rotatable bonds is 2. The molecular weight excluding hydrogens is 252 g/mol. The number of halogens is 1. The van der Waals surface area contributed by atoms with Crippen molar-refractivity contribution in [1.29, 1.82) is 0 Å². The quantitative estimate of drug-likeness (QED) is 0.796. The lowest BCUT2D eigenvalue weighted by atomic mass is 9.94. The molecule has 1 aliphatic carbocycles. The molecule has 1 aromatic rings. The van der Waals surface area contributed by atoms with Gasteiger partial charge in [0, 0.05) is 6.20 Å². The Balaban J connectivity index is 1.68. The molecule has 2 fully saturated rings. The zero-order chi connectivity index (χ0) is 12.5. The van der Waals surface area contributed by atoms with Crippen LogP contribution in [0.1, 0.15) is 19.3 Å². The van der Waals surface area contributed by atoms with Gasteiger partial charge >= 0.3 is 0 Å². The Hall–Kier alpha value is -1.20. The number of fused-ring (bicyclic) bond motifs is 1. The van der Waals surface area contributed by atoms with Crippen molar-refractivity contribution in [1.82, 2.24) is 15.3 Å². The van der Waals surface area contributed by atoms with E-state index in [4.69, 9.17) is 11.6 Å². The van der Waals surface area contributed by atoms with Gasteiger partial charge in [0.2, 0.25) is 11.2 Å². The highest BCUT2D eigenvalue weighted by molar-refractivity contribution is 6.28. The SMILES string of the molecule is O=C(Nc1ccnc(Cl)n1)C1NCC2CCCC21. The number of hydrogen-bond donors (Lipinski definition) is 2. The number of carbonyl (C=O) groups is 1. The normalized spacial score (nSPS) is 30.2. The minimum absolute atomic E-state index is 0.0147. The Labute approximate surface area is 110 Å². The van der Waals surface area contributed by atoms with Crippen molar-refractivity contribution in [3.63, 3.8) is 0 Å². The minimum atomic E-state index is -0.0914. The third kappa shape index (κ3) is 2.20. The molecular formula is C12H15ClN4O. The third-order valence-corrected chi connectivity index (χ3v) is 4.09. The van der Waals surface area contributed by atoms with Gasteiger partial charge in [0.1, 0.15) is 5.82 Å². The molecule has 2 heterocycles. The summed E-state index contributed by atoms with van der Waals surface area (Å²) in [4.78, 5) is 19.9. The minimum Gasteiger partial charge on any atom is -0.309 e. The average Bonchev–Trinajstić information content (AvgIpc) is 2.89. The van der Waals surface area contributed by atoms with Gasteiger partial charge in [-0.15, -0.1) is 0 Å². The molecule has 2 aliphatic rings. The van der Waals surface area contributed by atoms with Gasteiger partial charge < -0.3 is 10.6 Å². The second-order valence-electron chi connectivity index (χ2n) is 4.94. The highest BCUT2D eigenvalue weighted by Crippen LogP contribution is 2.37. The molecule has 6 heteroatoms. The van der Waals surface area contributed by atoms with Gasteiger partial charge in [0.25, 0.3) is 0 Å². The summed E-state index contributed by atoms with van der Waals surface area (Å²) < 4.78 is 0. The summed E-state index contributed by atoms with van der Waals surface area (Å²) in [6.45, 7) is 0.952. The standard InChI is InChI=1S/C12H15ClN4O/c13-12-14-5-4-9(17-12)16-11(18)10-8-3-1-2-7(8)6-15-10/h4-5,7-8,10,15H,1-3,6H2,(H,14,16,17,18). The van der Waals surface area contributed by atoms with Crippen LogP contribution in [0, 0.1) is 11.8 Å². The van der Waals surface area contributed by atoms with Crippen LogP contribution >= 0.6 is 11.6 Å². The first-order valence-corrected chi connectivity index (χ1v) is 6.64.